The fourth-order valence-corrected chi connectivity index (χ4v) is 6.27. The van der Waals surface area contributed by atoms with Crippen LogP contribution in [-0.2, 0) is 4.79 Å². The number of carbonyl (C=O) groups is 2. The second-order valence-corrected chi connectivity index (χ2v) is 12.5. The summed E-state index contributed by atoms with van der Waals surface area (Å²) in [6, 6.07) is 9.95. The standard InChI is InChI=1S/C32H43F2N7O2/c1-19(2)5-10-27(22-6-8-23(9-7-22)30(42)37-18-28(35)39-40-36)41-31(43)29(24-15-25(33)17-26(34)16-24)38-32(41)13-11-21(12-14-32)20(3)4/h6-9,15-17,19-21,27,40H,5,10-14,18,36H2,1-4H3,(H2,35,39)(H,37,42)/p+1. The summed E-state index contributed by atoms with van der Waals surface area (Å²) < 4.78 is 28.6. The number of hydrogen-bond donors (Lipinski definition) is 5. The first kappa shape index (κ1) is 32.4. The molecule has 11 heteroatoms. The molecule has 1 saturated carbocycles. The van der Waals surface area contributed by atoms with Gasteiger partial charge in [-0.15, -0.1) is 0 Å². The van der Waals surface area contributed by atoms with Crippen LogP contribution in [0.2, 0.25) is 0 Å². The Morgan fingerprint density at radius 2 is 1.72 bits per heavy atom. The number of hydrazine groups is 1. The lowest BCUT2D eigenvalue weighted by atomic mass is 9.75. The maximum atomic E-state index is 14.3. The molecule has 0 aromatic heterocycles. The molecule has 0 bridgehead atoms. The SMILES string of the molecule is CC(C)CCC(c1ccc(C(=O)NCC(=N)[NH2+]NN)cc1)N1C(=O)C(c2cc(F)cc(F)c2)=NC12CCC(C(C)C)CC2. The van der Waals surface area contributed by atoms with Crippen LogP contribution in [0.5, 0.6) is 0 Å². The number of nitrogens with zero attached hydrogens (tertiary/aromatic N) is 2. The third-order valence-electron chi connectivity index (χ3n) is 8.68. The van der Waals surface area contributed by atoms with Crippen LogP contribution >= 0.6 is 0 Å². The number of amidine groups is 1. The number of carbonyl (C=O) groups excluding carboxylic acids is 2. The number of benzene rings is 2. The van der Waals surface area contributed by atoms with Crippen LogP contribution in [0.15, 0.2) is 47.5 Å². The summed E-state index contributed by atoms with van der Waals surface area (Å²) in [5, 5.41) is 10.5. The lowest BCUT2D eigenvalue weighted by Gasteiger charge is -2.46. The second-order valence-electron chi connectivity index (χ2n) is 12.5. The topological polar surface area (TPSA) is 140 Å². The molecule has 1 aliphatic carbocycles. The molecular formula is C32H44F2N7O2+. The van der Waals surface area contributed by atoms with E-state index in [1.165, 1.54) is 17.6 Å². The van der Waals surface area contributed by atoms with E-state index in [9.17, 15) is 18.4 Å². The Morgan fingerprint density at radius 1 is 1.09 bits per heavy atom. The van der Waals surface area contributed by atoms with Crippen molar-refractivity contribution in [2.45, 2.75) is 77.9 Å². The molecule has 0 saturated heterocycles. The normalized spacial score (nSPS) is 21.0. The minimum Gasteiger partial charge on any atom is -0.341 e. The van der Waals surface area contributed by atoms with E-state index >= 15 is 0 Å². The molecule has 0 radical (unpaired) electrons. The van der Waals surface area contributed by atoms with E-state index in [2.05, 4.69) is 38.5 Å². The molecule has 1 atom stereocenters. The molecule has 1 aliphatic heterocycles. The first-order chi connectivity index (χ1) is 20.4. The lowest BCUT2D eigenvalue weighted by Crippen LogP contribution is -2.99. The van der Waals surface area contributed by atoms with Crippen LogP contribution in [0.3, 0.4) is 0 Å². The molecule has 43 heavy (non-hydrogen) atoms. The predicted octanol–water partition coefficient (Wildman–Crippen LogP) is 3.96. The van der Waals surface area contributed by atoms with E-state index in [4.69, 9.17) is 16.2 Å². The summed E-state index contributed by atoms with van der Waals surface area (Å²) in [5.41, 5.74) is 4.28. The van der Waals surface area contributed by atoms with Crippen molar-refractivity contribution in [3.8, 4) is 0 Å². The molecule has 1 heterocycles. The van der Waals surface area contributed by atoms with Crippen molar-refractivity contribution in [2.75, 3.05) is 6.54 Å². The van der Waals surface area contributed by atoms with Crippen LogP contribution in [0.4, 0.5) is 8.78 Å². The smallest absolute Gasteiger partial charge is 0.275 e. The highest BCUT2D eigenvalue weighted by Gasteiger charge is 2.52. The summed E-state index contributed by atoms with van der Waals surface area (Å²) in [7, 11) is 0. The van der Waals surface area contributed by atoms with E-state index < -0.39 is 17.3 Å². The Balaban J connectivity index is 1.70. The number of rotatable bonds is 11. The number of amides is 2. The number of hydrogen-bond acceptors (Lipinski definition) is 6. The lowest BCUT2D eigenvalue weighted by molar-refractivity contribution is -0.608. The zero-order valence-corrected chi connectivity index (χ0v) is 25.4. The Morgan fingerprint density at radius 3 is 2.28 bits per heavy atom. The van der Waals surface area contributed by atoms with Crippen LogP contribution in [0.1, 0.15) is 93.7 Å². The fraction of sp³-hybridized carbons (Fsp3) is 0.500. The highest BCUT2D eigenvalue weighted by molar-refractivity contribution is 6.46. The zero-order chi connectivity index (χ0) is 31.3. The van der Waals surface area contributed by atoms with E-state index in [0.717, 1.165) is 30.9 Å². The molecule has 7 N–H and O–H groups in total. The van der Waals surface area contributed by atoms with Gasteiger partial charge in [0.2, 0.25) is 5.84 Å². The Kier molecular flexibility index (Phi) is 10.4. The Labute approximate surface area is 252 Å². The van der Waals surface area contributed by atoms with Crippen LogP contribution in [-0.4, -0.2) is 40.5 Å². The van der Waals surface area contributed by atoms with Gasteiger partial charge < -0.3 is 10.2 Å². The van der Waals surface area contributed by atoms with E-state index in [0.29, 0.717) is 42.6 Å². The average molecular weight is 597 g/mol. The maximum absolute atomic E-state index is 14.3. The van der Waals surface area contributed by atoms with Gasteiger partial charge in [-0.2, -0.15) is 0 Å². The molecule has 9 nitrogen and oxygen atoms in total. The quantitative estimate of drug-likeness (QED) is 0.116. The van der Waals surface area contributed by atoms with E-state index in [1.54, 1.807) is 12.1 Å². The summed E-state index contributed by atoms with van der Waals surface area (Å²) >= 11 is 0. The predicted molar refractivity (Wildman–Crippen MR) is 162 cm³/mol. The second kappa shape index (κ2) is 13.8. The van der Waals surface area contributed by atoms with Gasteiger partial charge in [0, 0.05) is 17.2 Å². The third-order valence-corrected chi connectivity index (χ3v) is 8.68. The molecule has 2 aromatic carbocycles. The minimum absolute atomic E-state index is 0.0186. The van der Waals surface area contributed by atoms with Gasteiger partial charge in [-0.05, 0) is 86.1 Å². The molecule has 232 valence electrons. The fourth-order valence-electron chi connectivity index (χ4n) is 6.27. The van der Waals surface area contributed by atoms with E-state index in [-0.39, 0.29) is 41.5 Å². The summed E-state index contributed by atoms with van der Waals surface area (Å²) in [4.78, 5) is 33.9. The molecule has 2 aromatic rings. The van der Waals surface area contributed by atoms with Crippen LogP contribution in [0.25, 0.3) is 0 Å². The minimum atomic E-state index is -0.813. The first-order valence-electron chi connectivity index (χ1n) is 15.1. The van der Waals surface area contributed by atoms with Crippen molar-refractivity contribution in [3.05, 3.63) is 70.8 Å². The number of nitrogens with two attached hydrogens (primary N) is 2. The highest BCUT2D eigenvalue weighted by Crippen LogP contribution is 2.48. The van der Waals surface area contributed by atoms with Gasteiger partial charge in [0.15, 0.2) is 0 Å². The van der Waals surface area contributed by atoms with Crippen molar-refractivity contribution >= 4 is 23.4 Å². The van der Waals surface area contributed by atoms with Gasteiger partial charge in [0.25, 0.3) is 11.8 Å². The van der Waals surface area contributed by atoms with Crippen molar-refractivity contribution < 1.29 is 23.8 Å². The van der Waals surface area contributed by atoms with Crippen molar-refractivity contribution in [1.82, 2.24) is 15.8 Å². The van der Waals surface area contributed by atoms with Gasteiger partial charge in [-0.1, -0.05) is 45.4 Å². The van der Waals surface area contributed by atoms with Gasteiger partial charge in [0.05, 0.1) is 6.04 Å². The maximum Gasteiger partial charge on any atom is 0.275 e. The largest absolute Gasteiger partial charge is 0.341 e. The molecule has 1 unspecified atom stereocenters. The number of halogens is 2. The highest BCUT2D eigenvalue weighted by atomic mass is 19.1. The van der Waals surface area contributed by atoms with E-state index in [1.807, 2.05) is 17.0 Å². The average Bonchev–Trinajstić information content (AvgIpc) is 3.23. The molecule has 2 aliphatic rings. The van der Waals surface area contributed by atoms with Gasteiger partial charge >= 0.3 is 0 Å². The number of aliphatic imine (C=N–C) groups is 1. The Bertz CT molecular complexity index is 1330. The van der Waals surface area contributed by atoms with Crippen molar-refractivity contribution in [1.29, 1.82) is 5.41 Å². The first-order valence-corrected chi connectivity index (χ1v) is 15.1. The van der Waals surface area contributed by atoms with Gasteiger partial charge in [-0.25, -0.2) is 20.0 Å². The summed E-state index contributed by atoms with van der Waals surface area (Å²) in [6.07, 6.45) is 4.66. The molecule has 1 fully saturated rings. The molecule has 4 rings (SSSR count). The zero-order valence-electron chi connectivity index (χ0n) is 25.4. The molecule has 2 amide bonds. The van der Waals surface area contributed by atoms with Gasteiger partial charge in [-0.3, -0.25) is 20.0 Å². The molecular weight excluding hydrogens is 552 g/mol. The number of nitrogens with one attached hydrogen (secondary N) is 3. The molecule has 1 spiro atoms. The van der Waals surface area contributed by atoms with Gasteiger partial charge in [0.1, 0.15) is 29.6 Å². The Hall–Kier alpha value is -3.54. The number of quaternary nitrogens is 1. The van der Waals surface area contributed by atoms with Crippen molar-refractivity contribution in [3.63, 3.8) is 0 Å². The summed E-state index contributed by atoms with van der Waals surface area (Å²) in [6.45, 7) is 8.71. The van der Waals surface area contributed by atoms with Crippen molar-refractivity contribution in [2.24, 2.45) is 28.6 Å². The summed E-state index contributed by atoms with van der Waals surface area (Å²) in [5.74, 6) is 4.56. The van der Waals surface area contributed by atoms with Crippen LogP contribution in [0, 0.1) is 34.8 Å². The third kappa shape index (κ3) is 7.52. The van der Waals surface area contributed by atoms with Crippen LogP contribution < -0.4 is 22.1 Å². The monoisotopic (exact) mass is 596 g/mol.